The Balaban J connectivity index is 2.51. The molecule has 0 aromatic carbocycles. The third kappa shape index (κ3) is 3.76. The highest BCUT2D eigenvalue weighted by molar-refractivity contribution is 5.79. The first-order valence-corrected chi connectivity index (χ1v) is 6.16. The molecule has 0 amide bonds. The highest BCUT2D eigenvalue weighted by Crippen LogP contribution is 2.25. The molecule has 1 aliphatic heterocycles. The van der Waals surface area contributed by atoms with Gasteiger partial charge in [0.1, 0.15) is 6.04 Å². The van der Waals surface area contributed by atoms with Gasteiger partial charge in [-0.05, 0) is 13.8 Å². The molecule has 1 heterocycles. The van der Waals surface area contributed by atoms with Crippen molar-refractivity contribution in [1.29, 1.82) is 0 Å². The van der Waals surface area contributed by atoms with Crippen LogP contribution in [-0.2, 0) is 0 Å². The van der Waals surface area contributed by atoms with Crippen LogP contribution in [0.1, 0.15) is 13.8 Å². The van der Waals surface area contributed by atoms with Gasteiger partial charge in [0.2, 0.25) is 0 Å². The molecular formula is C11H21F3N4. The zero-order valence-corrected chi connectivity index (χ0v) is 11.1. The number of aliphatic imine (C=N–C) groups is 1. The summed E-state index contributed by atoms with van der Waals surface area (Å²) in [4.78, 5) is 7.57. The molecule has 0 radical (unpaired) electrons. The Morgan fingerprint density at radius 3 is 2.22 bits per heavy atom. The van der Waals surface area contributed by atoms with Crippen LogP contribution in [0.15, 0.2) is 4.99 Å². The van der Waals surface area contributed by atoms with Gasteiger partial charge in [-0.2, -0.15) is 13.2 Å². The number of alkyl halides is 3. The third-order valence-electron chi connectivity index (χ3n) is 3.18. The third-order valence-corrected chi connectivity index (χ3v) is 3.18. The van der Waals surface area contributed by atoms with Crippen LogP contribution in [0.4, 0.5) is 13.2 Å². The zero-order chi connectivity index (χ0) is 13.8. The van der Waals surface area contributed by atoms with Gasteiger partial charge in [0.05, 0.1) is 0 Å². The summed E-state index contributed by atoms with van der Waals surface area (Å²) in [5.41, 5.74) is 0. The largest absolute Gasteiger partial charge is 0.403 e. The lowest BCUT2D eigenvalue weighted by Crippen LogP contribution is -2.56. The lowest BCUT2D eigenvalue weighted by Gasteiger charge is -2.39. The van der Waals surface area contributed by atoms with E-state index in [2.05, 4.69) is 10.3 Å². The van der Waals surface area contributed by atoms with Gasteiger partial charge in [-0.1, -0.05) is 0 Å². The molecule has 1 aliphatic rings. The fourth-order valence-corrected chi connectivity index (χ4v) is 2.02. The summed E-state index contributed by atoms with van der Waals surface area (Å²) in [7, 11) is 1.68. The molecule has 1 atom stereocenters. The maximum atomic E-state index is 12.6. The van der Waals surface area contributed by atoms with E-state index in [1.807, 2.05) is 11.8 Å². The molecule has 0 aromatic heterocycles. The predicted octanol–water partition coefficient (Wildman–Crippen LogP) is 1.15. The van der Waals surface area contributed by atoms with E-state index in [0.29, 0.717) is 26.2 Å². The molecule has 0 spiro atoms. The van der Waals surface area contributed by atoms with E-state index < -0.39 is 12.2 Å². The number of piperazine rings is 1. The van der Waals surface area contributed by atoms with Gasteiger partial charge in [-0.15, -0.1) is 0 Å². The molecule has 0 aromatic rings. The summed E-state index contributed by atoms with van der Waals surface area (Å²) in [6, 6.07) is -1.37. The van der Waals surface area contributed by atoms with Gasteiger partial charge >= 0.3 is 6.18 Å². The van der Waals surface area contributed by atoms with E-state index in [9.17, 15) is 13.2 Å². The fourth-order valence-electron chi connectivity index (χ4n) is 2.02. The SMILES string of the molecule is CCNC(=NC)N1CCN(C(C)C(F)(F)F)CC1. The van der Waals surface area contributed by atoms with Crippen molar-refractivity contribution in [3.63, 3.8) is 0 Å². The summed E-state index contributed by atoms with van der Waals surface area (Å²) in [6.07, 6.45) is -4.15. The summed E-state index contributed by atoms with van der Waals surface area (Å²) in [5, 5.41) is 3.11. The summed E-state index contributed by atoms with van der Waals surface area (Å²) >= 11 is 0. The minimum absolute atomic E-state index is 0.408. The van der Waals surface area contributed by atoms with Crippen molar-refractivity contribution in [3.8, 4) is 0 Å². The zero-order valence-electron chi connectivity index (χ0n) is 11.1. The molecule has 1 N–H and O–H groups in total. The molecule has 1 fully saturated rings. The van der Waals surface area contributed by atoms with E-state index in [1.165, 1.54) is 11.8 Å². The Kier molecular flexibility index (Phi) is 5.25. The highest BCUT2D eigenvalue weighted by atomic mass is 19.4. The standard InChI is InChI=1S/C11H21F3N4/c1-4-16-10(15-3)18-7-5-17(6-8-18)9(2)11(12,13)14/h9H,4-8H2,1-3H3,(H,15,16). The van der Waals surface area contributed by atoms with Crippen molar-refractivity contribution < 1.29 is 13.2 Å². The lowest BCUT2D eigenvalue weighted by molar-refractivity contribution is -0.181. The van der Waals surface area contributed by atoms with Crippen LogP contribution in [0.2, 0.25) is 0 Å². The van der Waals surface area contributed by atoms with Crippen LogP contribution in [-0.4, -0.2) is 67.7 Å². The van der Waals surface area contributed by atoms with Crippen LogP contribution in [0, 0.1) is 0 Å². The fraction of sp³-hybridized carbons (Fsp3) is 0.909. The minimum Gasteiger partial charge on any atom is -0.357 e. The smallest absolute Gasteiger partial charge is 0.357 e. The average Bonchev–Trinajstić information content (AvgIpc) is 2.34. The second kappa shape index (κ2) is 6.26. The average molecular weight is 266 g/mol. The normalized spacial score (nSPS) is 21.0. The molecule has 106 valence electrons. The summed E-state index contributed by atoms with van der Waals surface area (Å²) in [5.74, 6) is 0.761. The van der Waals surface area contributed by atoms with Gasteiger partial charge in [0, 0.05) is 39.8 Å². The molecule has 0 aliphatic carbocycles. The first-order chi connectivity index (χ1) is 8.40. The van der Waals surface area contributed by atoms with E-state index in [4.69, 9.17) is 0 Å². The van der Waals surface area contributed by atoms with Crippen LogP contribution >= 0.6 is 0 Å². The second-order valence-electron chi connectivity index (χ2n) is 4.32. The first-order valence-electron chi connectivity index (χ1n) is 6.16. The molecule has 0 bridgehead atoms. The summed E-state index contributed by atoms with van der Waals surface area (Å²) in [6.45, 7) is 5.89. The number of hydrogen-bond donors (Lipinski definition) is 1. The van der Waals surface area contributed by atoms with Crippen molar-refractivity contribution in [1.82, 2.24) is 15.1 Å². The van der Waals surface area contributed by atoms with Crippen molar-refractivity contribution in [3.05, 3.63) is 0 Å². The molecule has 4 nitrogen and oxygen atoms in total. The Labute approximate surface area is 106 Å². The van der Waals surface area contributed by atoms with Crippen LogP contribution < -0.4 is 5.32 Å². The summed E-state index contributed by atoms with van der Waals surface area (Å²) < 4.78 is 37.8. The quantitative estimate of drug-likeness (QED) is 0.601. The van der Waals surface area contributed by atoms with Gasteiger partial charge in [0.15, 0.2) is 5.96 Å². The first kappa shape index (κ1) is 15.1. The maximum absolute atomic E-state index is 12.6. The Bertz CT molecular complexity index is 283. The van der Waals surface area contributed by atoms with Gasteiger partial charge in [0.25, 0.3) is 0 Å². The van der Waals surface area contributed by atoms with Crippen molar-refractivity contribution in [2.45, 2.75) is 26.1 Å². The van der Waals surface area contributed by atoms with Crippen molar-refractivity contribution in [2.24, 2.45) is 4.99 Å². The molecule has 7 heteroatoms. The molecule has 1 saturated heterocycles. The monoisotopic (exact) mass is 266 g/mol. The number of hydrogen-bond acceptors (Lipinski definition) is 2. The minimum atomic E-state index is -4.15. The van der Waals surface area contributed by atoms with Crippen molar-refractivity contribution >= 4 is 5.96 Å². The molecule has 1 rings (SSSR count). The Morgan fingerprint density at radius 2 is 1.83 bits per heavy atom. The molecule has 0 saturated carbocycles. The highest BCUT2D eigenvalue weighted by Gasteiger charge is 2.40. The topological polar surface area (TPSA) is 30.9 Å². The van der Waals surface area contributed by atoms with Crippen LogP contribution in [0.25, 0.3) is 0 Å². The molecular weight excluding hydrogens is 245 g/mol. The van der Waals surface area contributed by atoms with E-state index in [1.54, 1.807) is 7.05 Å². The number of halogens is 3. The Morgan fingerprint density at radius 1 is 1.28 bits per heavy atom. The number of nitrogens with zero attached hydrogens (tertiary/aromatic N) is 3. The number of guanidine groups is 1. The predicted molar refractivity (Wildman–Crippen MR) is 65.7 cm³/mol. The van der Waals surface area contributed by atoms with Crippen molar-refractivity contribution in [2.75, 3.05) is 39.8 Å². The van der Waals surface area contributed by atoms with E-state index >= 15 is 0 Å². The van der Waals surface area contributed by atoms with Crippen LogP contribution in [0.3, 0.4) is 0 Å². The second-order valence-corrected chi connectivity index (χ2v) is 4.32. The Hall–Kier alpha value is -0.980. The van der Waals surface area contributed by atoms with E-state index in [-0.39, 0.29) is 0 Å². The van der Waals surface area contributed by atoms with Crippen LogP contribution in [0.5, 0.6) is 0 Å². The number of nitrogens with one attached hydrogen (secondary N) is 1. The van der Waals surface area contributed by atoms with Gasteiger partial charge in [-0.25, -0.2) is 0 Å². The van der Waals surface area contributed by atoms with E-state index in [0.717, 1.165) is 12.5 Å². The lowest BCUT2D eigenvalue weighted by atomic mass is 10.2. The molecule has 1 unspecified atom stereocenters. The maximum Gasteiger partial charge on any atom is 0.403 e. The number of rotatable bonds is 2. The van der Waals surface area contributed by atoms with Gasteiger partial charge < -0.3 is 10.2 Å². The molecule has 18 heavy (non-hydrogen) atoms. The van der Waals surface area contributed by atoms with Gasteiger partial charge in [-0.3, -0.25) is 9.89 Å².